The van der Waals surface area contributed by atoms with E-state index in [1.165, 1.54) is 25.7 Å². The van der Waals surface area contributed by atoms with Gasteiger partial charge in [-0.15, -0.1) is 12.4 Å². The molecule has 0 aromatic carbocycles. The Balaban J connectivity index is 0.00000220. The molecule has 0 bridgehead atoms. The molecule has 4 nitrogen and oxygen atoms in total. The second kappa shape index (κ2) is 7.80. The number of amides is 1. The summed E-state index contributed by atoms with van der Waals surface area (Å²) in [5.41, 5.74) is -0.0603. The van der Waals surface area contributed by atoms with Crippen molar-refractivity contribution in [3.05, 3.63) is 0 Å². The molecular formula is C16H31ClN2O2. The van der Waals surface area contributed by atoms with Crippen molar-refractivity contribution in [3.63, 3.8) is 0 Å². The van der Waals surface area contributed by atoms with Crippen LogP contribution in [-0.2, 0) is 4.79 Å². The summed E-state index contributed by atoms with van der Waals surface area (Å²) in [5.74, 6) is 0.836. The third-order valence-electron chi connectivity index (χ3n) is 4.77. The summed E-state index contributed by atoms with van der Waals surface area (Å²) in [6.07, 6.45) is 6.48. The molecule has 1 amide bonds. The van der Waals surface area contributed by atoms with Gasteiger partial charge in [0, 0.05) is 12.6 Å². The van der Waals surface area contributed by atoms with Gasteiger partial charge in [-0.2, -0.15) is 0 Å². The van der Waals surface area contributed by atoms with Crippen molar-refractivity contribution in [1.29, 1.82) is 0 Å². The molecular weight excluding hydrogens is 288 g/mol. The van der Waals surface area contributed by atoms with Gasteiger partial charge in [-0.1, -0.05) is 26.7 Å². The monoisotopic (exact) mass is 318 g/mol. The standard InChI is InChI=1S/C16H30N2O2.ClH/c1-11(19)9-16(2,3)10-17-15(20)14-8-12-6-4-5-7-13(12)18-14;/h11-14,18-19H,4-10H2,1-3H3,(H,17,20);1H. The predicted molar refractivity (Wildman–Crippen MR) is 87.6 cm³/mol. The highest BCUT2D eigenvalue weighted by atomic mass is 35.5. The summed E-state index contributed by atoms with van der Waals surface area (Å²) >= 11 is 0. The van der Waals surface area contributed by atoms with E-state index in [9.17, 15) is 9.90 Å². The summed E-state index contributed by atoms with van der Waals surface area (Å²) in [6, 6.07) is 0.551. The largest absolute Gasteiger partial charge is 0.393 e. The highest BCUT2D eigenvalue weighted by molar-refractivity contribution is 5.85. The smallest absolute Gasteiger partial charge is 0.237 e. The Hall–Kier alpha value is -0.320. The second-order valence-corrected chi connectivity index (χ2v) is 7.54. The highest BCUT2D eigenvalue weighted by Crippen LogP contribution is 2.33. The molecule has 0 aromatic heterocycles. The second-order valence-electron chi connectivity index (χ2n) is 7.54. The lowest BCUT2D eigenvalue weighted by atomic mass is 9.85. The Kier molecular flexibility index (Phi) is 6.95. The van der Waals surface area contributed by atoms with Gasteiger partial charge in [0.15, 0.2) is 0 Å². The van der Waals surface area contributed by atoms with Crippen LogP contribution in [0, 0.1) is 11.3 Å². The van der Waals surface area contributed by atoms with Crippen LogP contribution in [0.5, 0.6) is 0 Å². The number of aliphatic hydroxyl groups excluding tert-OH is 1. The van der Waals surface area contributed by atoms with Crippen LogP contribution in [0.1, 0.15) is 59.3 Å². The quantitative estimate of drug-likeness (QED) is 0.728. The molecule has 21 heavy (non-hydrogen) atoms. The predicted octanol–water partition coefficient (Wildman–Crippen LogP) is 2.24. The van der Waals surface area contributed by atoms with Crippen LogP contribution in [0.15, 0.2) is 0 Å². The Morgan fingerprint density at radius 3 is 2.67 bits per heavy atom. The Morgan fingerprint density at radius 1 is 1.38 bits per heavy atom. The molecule has 5 heteroatoms. The number of fused-ring (bicyclic) bond motifs is 1. The van der Waals surface area contributed by atoms with Crippen molar-refractivity contribution in [1.82, 2.24) is 10.6 Å². The van der Waals surface area contributed by atoms with Crippen molar-refractivity contribution in [3.8, 4) is 0 Å². The minimum Gasteiger partial charge on any atom is -0.393 e. The lowest BCUT2D eigenvalue weighted by Crippen LogP contribution is -2.46. The van der Waals surface area contributed by atoms with Gasteiger partial charge in [-0.3, -0.25) is 4.79 Å². The molecule has 1 aliphatic carbocycles. The number of hydrogen-bond donors (Lipinski definition) is 3. The SMILES string of the molecule is CC(O)CC(C)(C)CNC(=O)C1CC2CCCCC2N1.Cl. The van der Waals surface area contributed by atoms with E-state index in [-0.39, 0.29) is 35.9 Å². The lowest BCUT2D eigenvalue weighted by Gasteiger charge is -2.27. The van der Waals surface area contributed by atoms with E-state index in [0.29, 0.717) is 24.9 Å². The van der Waals surface area contributed by atoms with E-state index >= 15 is 0 Å². The number of nitrogens with one attached hydrogen (secondary N) is 2. The lowest BCUT2D eigenvalue weighted by molar-refractivity contribution is -0.123. The molecule has 2 fully saturated rings. The van der Waals surface area contributed by atoms with Crippen LogP contribution in [-0.4, -0.2) is 35.7 Å². The number of carbonyl (C=O) groups excluding carboxylic acids is 1. The normalized spacial score (nSPS) is 30.2. The van der Waals surface area contributed by atoms with Crippen molar-refractivity contribution in [2.75, 3.05) is 6.54 Å². The van der Waals surface area contributed by atoms with Gasteiger partial charge in [0.25, 0.3) is 0 Å². The summed E-state index contributed by atoms with van der Waals surface area (Å²) in [7, 11) is 0. The van der Waals surface area contributed by atoms with E-state index < -0.39 is 0 Å². The zero-order chi connectivity index (χ0) is 14.8. The fraction of sp³-hybridized carbons (Fsp3) is 0.938. The molecule has 1 aliphatic heterocycles. The molecule has 124 valence electrons. The van der Waals surface area contributed by atoms with Gasteiger partial charge in [-0.05, 0) is 43.9 Å². The first-order valence-corrected chi connectivity index (χ1v) is 8.09. The minimum absolute atomic E-state index is 0. The minimum atomic E-state index is -0.325. The van der Waals surface area contributed by atoms with Gasteiger partial charge in [0.05, 0.1) is 12.1 Å². The molecule has 0 aromatic rings. The van der Waals surface area contributed by atoms with Gasteiger partial charge in [0.1, 0.15) is 0 Å². The molecule has 4 atom stereocenters. The topological polar surface area (TPSA) is 61.4 Å². The first kappa shape index (κ1) is 18.7. The van der Waals surface area contributed by atoms with Crippen molar-refractivity contribution < 1.29 is 9.90 Å². The summed E-state index contributed by atoms with van der Waals surface area (Å²) in [6.45, 7) is 6.60. The van der Waals surface area contributed by atoms with Crippen LogP contribution < -0.4 is 10.6 Å². The van der Waals surface area contributed by atoms with E-state index in [1.54, 1.807) is 6.92 Å². The number of halogens is 1. The third-order valence-corrected chi connectivity index (χ3v) is 4.77. The van der Waals surface area contributed by atoms with Crippen LogP contribution in [0.25, 0.3) is 0 Å². The zero-order valence-electron chi connectivity index (χ0n) is 13.5. The van der Waals surface area contributed by atoms with E-state index in [0.717, 1.165) is 6.42 Å². The molecule has 2 rings (SSSR count). The molecule has 3 N–H and O–H groups in total. The zero-order valence-corrected chi connectivity index (χ0v) is 14.3. The van der Waals surface area contributed by atoms with Crippen molar-refractivity contribution in [2.45, 2.75) is 77.5 Å². The Labute approximate surface area is 134 Å². The molecule has 1 heterocycles. The van der Waals surface area contributed by atoms with Crippen LogP contribution >= 0.6 is 12.4 Å². The molecule has 1 saturated carbocycles. The third kappa shape index (κ3) is 5.42. The van der Waals surface area contributed by atoms with Crippen LogP contribution in [0.2, 0.25) is 0 Å². The molecule has 1 saturated heterocycles. The van der Waals surface area contributed by atoms with Gasteiger partial charge in [-0.25, -0.2) is 0 Å². The highest BCUT2D eigenvalue weighted by Gasteiger charge is 2.38. The van der Waals surface area contributed by atoms with Crippen LogP contribution in [0.3, 0.4) is 0 Å². The number of rotatable bonds is 5. The average molecular weight is 319 g/mol. The molecule has 0 spiro atoms. The maximum absolute atomic E-state index is 12.3. The van der Waals surface area contributed by atoms with E-state index in [4.69, 9.17) is 0 Å². The maximum atomic E-state index is 12.3. The number of hydrogen-bond acceptors (Lipinski definition) is 3. The fourth-order valence-electron chi connectivity index (χ4n) is 3.84. The van der Waals surface area contributed by atoms with E-state index in [1.807, 2.05) is 0 Å². The van der Waals surface area contributed by atoms with Gasteiger partial charge >= 0.3 is 0 Å². The van der Waals surface area contributed by atoms with E-state index in [2.05, 4.69) is 24.5 Å². The number of aliphatic hydroxyl groups is 1. The van der Waals surface area contributed by atoms with Gasteiger partial charge in [0.2, 0.25) is 5.91 Å². The maximum Gasteiger partial charge on any atom is 0.237 e. The van der Waals surface area contributed by atoms with Crippen molar-refractivity contribution >= 4 is 18.3 Å². The Morgan fingerprint density at radius 2 is 2.05 bits per heavy atom. The molecule has 4 unspecified atom stereocenters. The molecule has 2 aliphatic rings. The first-order valence-electron chi connectivity index (χ1n) is 8.09. The molecule has 0 radical (unpaired) electrons. The first-order chi connectivity index (χ1) is 9.37. The summed E-state index contributed by atoms with van der Waals surface area (Å²) < 4.78 is 0. The fourth-order valence-corrected chi connectivity index (χ4v) is 3.84. The van der Waals surface area contributed by atoms with Crippen molar-refractivity contribution in [2.24, 2.45) is 11.3 Å². The summed E-state index contributed by atoms with van der Waals surface area (Å²) in [4.78, 5) is 12.3. The van der Waals surface area contributed by atoms with Gasteiger partial charge < -0.3 is 15.7 Å². The summed E-state index contributed by atoms with van der Waals surface area (Å²) in [5, 5.41) is 16.1. The number of carbonyl (C=O) groups is 1. The Bertz CT molecular complexity index is 333. The van der Waals surface area contributed by atoms with Crippen LogP contribution in [0.4, 0.5) is 0 Å². The average Bonchev–Trinajstić information content (AvgIpc) is 2.78.